The predicted molar refractivity (Wildman–Crippen MR) is 258 cm³/mol. The van der Waals surface area contributed by atoms with Crippen LogP contribution in [0.5, 0.6) is 0 Å². The zero-order valence-electron chi connectivity index (χ0n) is 39.3. The van der Waals surface area contributed by atoms with Gasteiger partial charge < -0.3 is 24.6 Å². The summed E-state index contributed by atoms with van der Waals surface area (Å²) in [6.07, 6.45) is 13.8. The van der Waals surface area contributed by atoms with Crippen LogP contribution >= 0.6 is 0 Å². The first-order valence-electron chi connectivity index (χ1n) is 24.8. The number of rotatable bonds is 17. The van der Waals surface area contributed by atoms with E-state index in [1.54, 1.807) is 11.6 Å². The number of aliphatic hydroxyl groups excluding tert-OH is 1. The number of amides is 2. The number of piperidine rings is 2. The van der Waals surface area contributed by atoms with Gasteiger partial charge in [0.2, 0.25) is 17.8 Å². The molecule has 3 N–H and O–H groups in total. The summed E-state index contributed by atoms with van der Waals surface area (Å²) in [6.45, 7) is 15.1. The van der Waals surface area contributed by atoms with Gasteiger partial charge in [-0.1, -0.05) is 57.0 Å². The maximum atomic E-state index is 13.2. The quantitative estimate of drug-likeness (QED) is 0.0718. The number of likely N-dealkylation sites (tertiary alicyclic amines) is 1. The average Bonchev–Trinajstić information content (AvgIpc) is 3.83. The van der Waals surface area contributed by atoms with Crippen molar-refractivity contribution in [3.05, 3.63) is 76.5 Å². The van der Waals surface area contributed by atoms with Crippen LogP contribution in [0.3, 0.4) is 0 Å². The molecule has 3 aliphatic heterocycles. The van der Waals surface area contributed by atoms with Crippen molar-refractivity contribution < 1.29 is 19.4 Å². The summed E-state index contributed by atoms with van der Waals surface area (Å²) in [5, 5.41) is 17.2. The molecule has 15 heteroatoms. The van der Waals surface area contributed by atoms with Crippen LogP contribution in [-0.2, 0) is 34.5 Å². The molecule has 3 saturated heterocycles. The number of nitrogens with one attached hydrogen (secondary N) is 2. The topological polar surface area (TPSA) is 155 Å². The Hall–Kier alpha value is -4.93. The van der Waals surface area contributed by atoms with Crippen LogP contribution in [0.2, 0.25) is 0 Å². The summed E-state index contributed by atoms with van der Waals surface area (Å²) in [5.41, 5.74) is 7.07. The Morgan fingerprint density at radius 1 is 0.833 bits per heavy atom. The van der Waals surface area contributed by atoms with Crippen molar-refractivity contribution in [3.63, 3.8) is 0 Å². The van der Waals surface area contributed by atoms with Gasteiger partial charge in [-0.15, -0.1) is 0 Å². The molecule has 2 aromatic carbocycles. The number of ether oxygens (including phenoxy) is 1. The van der Waals surface area contributed by atoms with Crippen molar-refractivity contribution >= 4 is 39.8 Å². The molecular formula is C51H70N10O5. The van der Waals surface area contributed by atoms with Crippen LogP contribution in [0, 0.1) is 5.92 Å². The summed E-state index contributed by atoms with van der Waals surface area (Å²) < 4.78 is 11.9. The normalized spacial score (nSPS) is 21.9. The van der Waals surface area contributed by atoms with Crippen LogP contribution in [0.1, 0.15) is 108 Å². The molecule has 15 nitrogen and oxygen atoms in total. The summed E-state index contributed by atoms with van der Waals surface area (Å²) in [6, 6.07) is 14.8. The predicted octanol–water partition coefficient (Wildman–Crippen LogP) is 6.24. The number of imidazole rings is 1. The van der Waals surface area contributed by atoms with E-state index in [9.17, 15) is 19.5 Å². The molecule has 0 bridgehead atoms. The Labute approximate surface area is 388 Å². The maximum Gasteiger partial charge on any atom is 0.329 e. The van der Waals surface area contributed by atoms with Gasteiger partial charge in [-0.2, -0.15) is 4.98 Å². The smallest absolute Gasteiger partial charge is 0.329 e. The summed E-state index contributed by atoms with van der Waals surface area (Å²) in [7, 11) is 1.74. The third kappa shape index (κ3) is 10.4. The second-order valence-electron chi connectivity index (χ2n) is 19.4. The van der Waals surface area contributed by atoms with Crippen LogP contribution in [0.4, 0.5) is 5.95 Å². The van der Waals surface area contributed by atoms with E-state index in [0.717, 1.165) is 157 Å². The largest absolute Gasteiger partial charge is 0.393 e. The lowest BCUT2D eigenvalue weighted by molar-refractivity contribution is -0.135. The number of fused-ring (bicyclic) bond motifs is 2. The minimum atomic E-state index is -0.675. The van der Waals surface area contributed by atoms with Gasteiger partial charge in [0.05, 0.1) is 23.2 Å². The van der Waals surface area contributed by atoms with Crippen LogP contribution in [0.25, 0.3) is 33.2 Å². The third-order valence-corrected chi connectivity index (χ3v) is 15.1. The number of aromatic nitrogens is 5. The van der Waals surface area contributed by atoms with Crippen LogP contribution in [-0.4, -0.2) is 126 Å². The SMILES string of the molecule is CCC(CC)CNc1ncc2c(-c3ccc(CN4CCN(CCCOC5CCN(Cc6ccc7c(c6)n(C)c(=O)n7C6CCC(=O)NC6=O)CC5)CC4)cc3)cn(C3CCC(O)CC3)c2n1. The third-order valence-electron chi connectivity index (χ3n) is 15.1. The van der Waals surface area contributed by atoms with E-state index in [2.05, 4.69) is 86.3 Å². The Morgan fingerprint density at radius 3 is 2.26 bits per heavy atom. The molecule has 4 fully saturated rings. The Morgan fingerprint density at radius 2 is 1.53 bits per heavy atom. The van der Waals surface area contributed by atoms with Gasteiger partial charge in [-0.25, -0.2) is 9.78 Å². The molecule has 5 aromatic rings. The molecule has 1 saturated carbocycles. The number of aryl methyl sites for hydroxylation is 1. The standard InChI is InChI=1S/C51H70N10O5/c1-4-35(5-2)30-52-50-53-31-42-43(34-60(48(42)55-50)39-12-14-40(62)15-13-39)38-10-7-36(8-11-38)32-59-26-24-57(25-27-59)21-6-28-66-41-19-22-58(23-20-41)33-37-9-16-44-46(29-37)56(3)51(65)61(44)45-17-18-47(63)54-49(45)64/h7-11,16,29,31,34-35,39-41,45,62H,4-6,12-15,17-28,30,32-33H2,1-3H3,(H,52,53,55)(H,54,63,64). The molecule has 66 heavy (non-hydrogen) atoms. The minimum absolute atomic E-state index is 0.201. The average molecular weight is 903 g/mol. The summed E-state index contributed by atoms with van der Waals surface area (Å²) in [4.78, 5) is 54.9. The fourth-order valence-electron chi connectivity index (χ4n) is 10.8. The lowest BCUT2D eigenvalue weighted by atomic mass is 9.93. The number of aliphatic hydroxyl groups is 1. The van der Waals surface area contributed by atoms with E-state index < -0.39 is 11.9 Å². The van der Waals surface area contributed by atoms with Crippen molar-refractivity contribution in [1.82, 2.24) is 43.7 Å². The first-order chi connectivity index (χ1) is 32.1. The fourth-order valence-corrected chi connectivity index (χ4v) is 10.8. The molecular weight excluding hydrogens is 833 g/mol. The number of carbonyl (C=O) groups is 2. The lowest BCUT2D eigenvalue weighted by Crippen LogP contribution is -2.46. The first kappa shape index (κ1) is 46.2. The minimum Gasteiger partial charge on any atom is -0.393 e. The van der Waals surface area contributed by atoms with Crippen molar-refractivity contribution in [3.8, 4) is 11.1 Å². The highest BCUT2D eigenvalue weighted by atomic mass is 16.5. The second-order valence-corrected chi connectivity index (χ2v) is 19.4. The zero-order chi connectivity index (χ0) is 45.7. The van der Waals surface area contributed by atoms with E-state index in [-0.39, 0.29) is 30.2 Å². The molecule has 1 atom stereocenters. The number of carbonyl (C=O) groups excluding carboxylic acids is 2. The number of anilines is 1. The molecule has 4 aliphatic rings. The lowest BCUT2D eigenvalue weighted by Gasteiger charge is -2.35. The molecule has 3 aromatic heterocycles. The number of nitrogens with zero attached hydrogens (tertiary/aromatic N) is 8. The Bertz CT molecular complexity index is 2500. The highest BCUT2D eigenvalue weighted by molar-refractivity contribution is 6.00. The molecule has 354 valence electrons. The number of imide groups is 1. The molecule has 2 amide bonds. The number of benzene rings is 2. The number of piperazine rings is 1. The van der Waals surface area contributed by atoms with Gasteiger partial charge in [0.25, 0.3) is 0 Å². The Kier molecular flexibility index (Phi) is 14.6. The molecule has 0 radical (unpaired) electrons. The van der Waals surface area contributed by atoms with E-state index in [4.69, 9.17) is 14.7 Å². The van der Waals surface area contributed by atoms with E-state index in [1.165, 1.54) is 21.3 Å². The summed E-state index contributed by atoms with van der Waals surface area (Å²) in [5.74, 6) is 0.592. The molecule has 1 aliphatic carbocycles. The van der Waals surface area contributed by atoms with Gasteiger partial charge in [0, 0.05) is 115 Å². The molecule has 0 spiro atoms. The van der Waals surface area contributed by atoms with Crippen LogP contribution < -0.4 is 16.3 Å². The van der Waals surface area contributed by atoms with Gasteiger partial charge in [-0.3, -0.25) is 33.8 Å². The second kappa shape index (κ2) is 20.9. The van der Waals surface area contributed by atoms with E-state index in [0.29, 0.717) is 24.3 Å². The van der Waals surface area contributed by atoms with Gasteiger partial charge >= 0.3 is 5.69 Å². The van der Waals surface area contributed by atoms with Gasteiger partial charge in [0.15, 0.2) is 0 Å². The van der Waals surface area contributed by atoms with Crippen LogP contribution in [0.15, 0.2) is 59.7 Å². The maximum absolute atomic E-state index is 13.2. The monoisotopic (exact) mass is 903 g/mol. The highest BCUT2D eigenvalue weighted by Gasteiger charge is 2.32. The van der Waals surface area contributed by atoms with Gasteiger partial charge in [0.1, 0.15) is 11.7 Å². The molecule has 6 heterocycles. The zero-order valence-corrected chi connectivity index (χ0v) is 39.3. The van der Waals surface area contributed by atoms with Crippen molar-refractivity contribution in [2.45, 2.75) is 122 Å². The van der Waals surface area contributed by atoms with E-state index in [1.807, 2.05) is 12.3 Å². The fraction of sp³-hybridized carbons (Fsp3) is 0.588. The highest BCUT2D eigenvalue weighted by Crippen LogP contribution is 2.37. The number of hydrogen-bond donors (Lipinski definition) is 3. The van der Waals surface area contributed by atoms with Crippen molar-refractivity contribution in [2.75, 3.05) is 64.3 Å². The number of hydrogen-bond acceptors (Lipinski definition) is 11. The Balaban J connectivity index is 0.704. The summed E-state index contributed by atoms with van der Waals surface area (Å²) >= 11 is 0. The van der Waals surface area contributed by atoms with Gasteiger partial charge in [-0.05, 0) is 86.1 Å². The van der Waals surface area contributed by atoms with E-state index >= 15 is 0 Å². The van der Waals surface area contributed by atoms with Crippen molar-refractivity contribution in [2.24, 2.45) is 13.0 Å². The van der Waals surface area contributed by atoms with Crippen molar-refractivity contribution in [1.29, 1.82) is 0 Å². The molecule has 9 rings (SSSR count). The molecule has 1 unspecified atom stereocenters. The first-order valence-corrected chi connectivity index (χ1v) is 24.8.